The van der Waals surface area contributed by atoms with Gasteiger partial charge in [-0.3, -0.25) is 4.57 Å². The van der Waals surface area contributed by atoms with Crippen LogP contribution < -0.4 is 11.4 Å². The molecule has 0 unspecified atom stereocenters. The van der Waals surface area contributed by atoms with E-state index >= 15 is 0 Å². The van der Waals surface area contributed by atoms with Crippen LogP contribution in [-0.2, 0) is 0 Å². The first-order valence-electron chi connectivity index (χ1n) is 6.15. The average Bonchev–Trinajstić information content (AvgIpc) is 2.69. The lowest BCUT2D eigenvalue weighted by molar-refractivity contribution is 0.999. The van der Waals surface area contributed by atoms with Gasteiger partial charge in [0.25, 0.3) is 0 Å². The zero-order chi connectivity index (χ0) is 13.6. The first-order chi connectivity index (χ1) is 9.08. The van der Waals surface area contributed by atoms with Crippen LogP contribution in [0, 0.1) is 13.8 Å². The fraction of sp³-hybridized carbons (Fsp3) is 0.133. The summed E-state index contributed by atoms with van der Waals surface area (Å²) in [4.78, 5) is 15.0. The predicted molar refractivity (Wildman–Crippen MR) is 77.8 cm³/mol. The van der Waals surface area contributed by atoms with Crippen molar-refractivity contribution >= 4 is 16.7 Å². The zero-order valence-electron chi connectivity index (χ0n) is 10.9. The Morgan fingerprint density at radius 2 is 1.95 bits per heavy atom. The number of benzene rings is 2. The van der Waals surface area contributed by atoms with Gasteiger partial charge in [-0.1, -0.05) is 12.1 Å². The number of aryl methyl sites for hydroxylation is 1. The molecule has 0 amide bonds. The third-order valence-electron chi connectivity index (χ3n) is 3.52. The molecule has 96 valence electrons. The lowest BCUT2D eigenvalue weighted by atomic mass is 10.1. The van der Waals surface area contributed by atoms with Crippen LogP contribution in [0.4, 0.5) is 5.69 Å². The highest BCUT2D eigenvalue weighted by Crippen LogP contribution is 2.22. The smallest absolute Gasteiger partial charge is 0.331 e. The number of imidazole rings is 1. The maximum Gasteiger partial charge on any atom is 0.331 e. The number of nitrogens with one attached hydrogen (secondary N) is 1. The monoisotopic (exact) mass is 253 g/mol. The molecule has 0 aliphatic rings. The second kappa shape index (κ2) is 4.02. The molecule has 3 N–H and O–H groups in total. The zero-order valence-corrected chi connectivity index (χ0v) is 10.9. The van der Waals surface area contributed by atoms with E-state index in [1.807, 2.05) is 44.2 Å². The highest BCUT2D eigenvalue weighted by molar-refractivity contribution is 5.81. The van der Waals surface area contributed by atoms with Crippen molar-refractivity contribution in [2.45, 2.75) is 13.8 Å². The Morgan fingerprint density at radius 1 is 1.16 bits per heavy atom. The van der Waals surface area contributed by atoms with Gasteiger partial charge in [-0.05, 0) is 49.2 Å². The van der Waals surface area contributed by atoms with Crippen LogP contribution in [-0.4, -0.2) is 9.55 Å². The van der Waals surface area contributed by atoms with E-state index in [1.54, 1.807) is 10.6 Å². The number of hydrogen-bond acceptors (Lipinski definition) is 2. The van der Waals surface area contributed by atoms with Gasteiger partial charge in [-0.25, -0.2) is 4.79 Å². The summed E-state index contributed by atoms with van der Waals surface area (Å²) in [6.07, 6.45) is 0. The van der Waals surface area contributed by atoms with Crippen LogP contribution in [0.1, 0.15) is 11.1 Å². The molecular formula is C15H15N3O. The van der Waals surface area contributed by atoms with Crippen LogP contribution in [0.25, 0.3) is 16.7 Å². The lowest BCUT2D eigenvalue weighted by Crippen LogP contribution is -2.15. The Balaban J connectivity index is 2.42. The second-order valence-electron chi connectivity index (χ2n) is 4.76. The van der Waals surface area contributed by atoms with Crippen LogP contribution in [0.15, 0.2) is 41.2 Å². The molecule has 0 aliphatic heterocycles. The molecule has 0 saturated heterocycles. The molecular weight excluding hydrogens is 238 g/mol. The van der Waals surface area contributed by atoms with Gasteiger partial charge in [-0.2, -0.15) is 0 Å². The minimum absolute atomic E-state index is 0.144. The Bertz CT molecular complexity index is 827. The average molecular weight is 253 g/mol. The lowest BCUT2D eigenvalue weighted by Gasteiger charge is -2.09. The van der Waals surface area contributed by atoms with E-state index in [0.717, 1.165) is 27.8 Å². The number of nitrogen functional groups attached to an aromatic ring is 1. The number of nitrogens with two attached hydrogens (primary N) is 1. The summed E-state index contributed by atoms with van der Waals surface area (Å²) in [5, 5.41) is 0. The van der Waals surface area contributed by atoms with Gasteiger partial charge in [-0.15, -0.1) is 0 Å². The van der Waals surface area contributed by atoms with Crippen molar-refractivity contribution < 1.29 is 0 Å². The molecule has 19 heavy (non-hydrogen) atoms. The Hall–Kier alpha value is -2.49. The summed E-state index contributed by atoms with van der Waals surface area (Å²) in [5.41, 5.74) is 11.1. The molecule has 0 radical (unpaired) electrons. The molecule has 0 atom stereocenters. The molecule has 3 aromatic rings. The van der Waals surface area contributed by atoms with Gasteiger partial charge >= 0.3 is 5.69 Å². The maximum atomic E-state index is 12.2. The van der Waals surface area contributed by atoms with Crippen LogP contribution >= 0.6 is 0 Å². The third kappa shape index (κ3) is 1.73. The molecule has 2 aromatic carbocycles. The number of anilines is 1. The van der Waals surface area contributed by atoms with Crippen molar-refractivity contribution in [1.29, 1.82) is 0 Å². The van der Waals surface area contributed by atoms with Crippen LogP contribution in [0.2, 0.25) is 0 Å². The highest BCUT2D eigenvalue weighted by atomic mass is 16.1. The second-order valence-corrected chi connectivity index (χ2v) is 4.76. The Labute approximate surface area is 110 Å². The number of aromatic nitrogens is 2. The summed E-state index contributed by atoms with van der Waals surface area (Å²) in [6, 6.07) is 11.4. The van der Waals surface area contributed by atoms with Crippen molar-refractivity contribution in [2.24, 2.45) is 0 Å². The van der Waals surface area contributed by atoms with E-state index < -0.39 is 0 Å². The molecule has 1 heterocycles. The van der Waals surface area contributed by atoms with Crippen molar-refractivity contribution in [2.75, 3.05) is 5.73 Å². The quantitative estimate of drug-likeness (QED) is 0.654. The summed E-state index contributed by atoms with van der Waals surface area (Å²) in [5.74, 6) is 0. The van der Waals surface area contributed by atoms with Crippen molar-refractivity contribution in [3.05, 3.63) is 58.0 Å². The molecule has 4 nitrogen and oxygen atoms in total. The SMILES string of the molecule is Cc1cccc(-n2c(=O)[nH]c3ccc(N)cc32)c1C. The normalized spacial score (nSPS) is 11.1. The van der Waals surface area contributed by atoms with Gasteiger partial charge in [0.15, 0.2) is 0 Å². The highest BCUT2D eigenvalue weighted by Gasteiger charge is 2.11. The van der Waals surface area contributed by atoms with Gasteiger partial charge in [0.05, 0.1) is 16.7 Å². The molecule has 1 aromatic heterocycles. The topological polar surface area (TPSA) is 63.8 Å². The molecule has 3 rings (SSSR count). The first kappa shape index (κ1) is 11.6. The van der Waals surface area contributed by atoms with Gasteiger partial charge in [0.2, 0.25) is 0 Å². The number of hydrogen-bond donors (Lipinski definition) is 2. The standard InChI is InChI=1S/C15H15N3O/c1-9-4-3-5-13(10(9)2)18-14-8-11(16)6-7-12(14)17-15(18)19/h3-8H,16H2,1-2H3,(H,17,19). The van der Waals surface area contributed by atoms with E-state index in [2.05, 4.69) is 4.98 Å². The third-order valence-corrected chi connectivity index (χ3v) is 3.52. The van der Waals surface area contributed by atoms with E-state index in [-0.39, 0.29) is 5.69 Å². The summed E-state index contributed by atoms with van der Waals surface area (Å²) in [6.45, 7) is 4.05. The summed E-state index contributed by atoms with van der Waals surface area (Å²) < 4.78 is 1.67. The minimum Gasteiger partial charge on any atom is -0.399 e. The van der Waals surface area contributed by atoms with Crippen molar-refractivity contribution in [1.82, 2.24) is 9.55 Å². The van der Waals surface area contributed by atoms with Crippen molar-refractivity contribution in [3.8, 4) is 5.69 Å². The van der Waals surface area contributed by atoms with Gasteiger partial charge < -0.3 is 10.7 Å². The van der Waals surface area contributed by atoms with Crippen LogP contribution in [0.5, 0.6) is 0 Å². The number of rotatable bonds is 1. The van der Waals surface area contributed by atoms with E-state index in [1.165, 1.54) is 0 Å². The van der Waals surface area contributed by atoms with E-state index in [9.17, 15) is 4.79 Å². The fourth-order valence-electron chi connectivity index (χ4n) is 2.34. The number of H-pyrrole nitrogens is 1. The Kier molecular flexibility index (Phi) is 2.45. The molecule has 0 aliphatic carbocycles. The molecule has 0 fully saturated rings. The van der Waals surface area contributed by atoms with Crippen molar-refractivity contribution in [3.63, 3.8) is 0 Å². The van der Waals surface area contributed by atoms with Gasteiger partial charge in [0.1, 0.15) is 0 Å². The largest absolute Gasteiger partial charge is 0.399 e. The number of aromatic amines is 1. The Morgan fingerprint density at radius 3 is 2.74 bits per heavy atom. The molecule has 0 bridgehead atoms. The predicted octanol–water partition coefficient (Wildman–Crippen LogP) is 2.52. The fourth-order valence-corrected chi connectivity index (χ4v) is 2.34. The maximum absolute atomic E-state index is 12.2. The summed E-state index contributed by atoms with van der Waals surface area (Å²) in [7, 11) is 0. The number of fused-ring (bicyclic) bond motifs is 1. The minimum atomic E-state index is -0.144. The van der Waals surface area contributed by atoms with Crippen LogP contribution in [0.3, 0.4) is 0 Å². The molecule has 4 heteroatoms. The first-order valence-corrected chi connectivity index (χ1v) is 6.15. The van der Waals surface area contributed by atoms with Gasteiger partial charge in [0, 0.05) is 5.69 Å². The summed E-state index contributed by atoms with van der Waals surface area (Å²) >= 11 is 0. The van der Waals surface area contributed by atoms with E-state index in [0.29, 0.717) is 5.69 Å². The number of nitrogens with zero attached hydrogens (tertiary/aromatic N) is 1. The van der Waals surface area contributed by atoms with E-state index in [4.69, 9.17) is 5.73 Å². The molecule has 0 spiro atoms. The molecule has 0 saturated carbocycles.